The van der Waals surface area contributed by atoms with Gasteiger partial charge < -0.3 is 30.9 Å². The fourth-order valence-corrected chi connectivity index (χ4v) is 2.79. The minimum atomic E-state index is -1.35. The van der Waals surface area contributed by atoms with E-state index in [-0.39, 0.29) is 17.0 Å². The van der Waals surface area contributed by atoms with Gasteiger partial charge in [0.2, 0.25) is 5.91 Å². The number of rotatable bonds is 5. The summed E-state index contributed by atoms with van der Waals surface area (Å²) in [5.74, 6) is -0.934. The van der Waals surface area contributed by atoms with E-state index >= 15 is 0 Å². The summed E-state index contributed by atoms with van der Waals surface area (Å²) in [6, 6.07) is -2.24. The Bertz CT molecular complexity index is 904. The van der Waals surface area contributed by atoms with Crippen molar-refractivity contribution < 1.29 is 34.8 Å². The second-order valence-corrected chi connectivity index (χ2v) is 6.48. The molecule has 158 valence electrons. The number of hydrogen-bond acceptors (Lipinski definition) is 11. The van der Waals surface area contributed by atoms with Crippen molar-refractivity contribution in [2.75, 3.05) is 11.9 Å². The SMILES string of the molecule is C[C@@H](O)[C@H](N)C(=O)NC(=O)Nc1ncnc2c1ncn2[C@H]1O[C@H](CO)[C@@H](O)[C@H]1O. The van der Waals surface area contributed by atoms with E-state index in [1.807, 2.05) is 5.32 Å². The van der Waals surface area contributed by atoms with E-state index in [2.05, 4.69) is 20.3 Å². The molecule has 3 amide bonds. The molecule has 14 nitrogen and oxygen atoms in total. The molecule has 1 aliphatic rings. The summed E-state index contributed by atoms with van der Waals surface area (Å²) in [5.41, 5.74) is 5.74. The smallest absolute Gasteiger partial charge is 0.327 e. The fraction of sp³-hybridized carbons (Fsp3) is 0.533. The van der Waals surface area contributed by atoms with Crippen molar-refractivity contribution in [3.05, 3.63) is 12.7 Å². The van der Waals surface area contributed by atoms with Crippen molar-refractivity contribution in [1.29, 1.82) is 0 Å². The average Bonchev–Trinajstić information content (AvgIpc) is 3.23. The number of aliphatic hydroxyl groups excluding tert-OH is 4. The first kappa shape index (κ1) is 21.0. The standard InChI is InChI=1S/C15H21N7O7/c1-5(24)7(16)13(27)21-15(28)20-11-8-12(18-3-17-11)22(4-19-8)14-10(26)9(25)6(2-23)29-14/h3-7,9-10,14,23-26H,2,16H2,1H3,(H2,17,18,20,21,27,28)/t5-,6-,7+,9-,10-,14+/m1/s1. The second-order valence-electron chi connectivity index (χ2n) is 6.48. The van der Waals surface area contributed by atoms with Gasteiger partial charge in [-0.05, 0) is 6.92 Å². The van der Waals surface area contributed by atoms with Crippen LogP contribution in [0.3, 0.4) is 0 Å². The third-order valence-corrected chi connectivity index (χ3v) is 4.44. The number of hydrogen-bond donors (Lipinski definition) is 7. The predicted octanol–water partition coefficient (Wildman–Crippen LogP) is -3.21. The van der Waals surface area contributed by atoms with Crippen molar-refractivity contribution in [3.63, 3.8) is 0 Å². The van der Waals surface area contributed by atoms with Gasteiger partial charge in [0.15, 0.2) is 23.2 Å². The molecule has 0 radical (unpaired) electrons. The van der Waals surface area contributed by atoms with Gasteiger partial charge in [0.05, 0.1) is 19.0 Å². The van der Waals surface area contributed by atoms with E-state index < -0.39 is 55.2 Å². The van der Waals surface area contributed by atoms with Gasteiger partial charge in [0.1, 0.15) is 30.7 Å². The highest BCUT2D eigenvalue weighted by Gasteiger charge is 2.44. The predicted molar refractivity (Wildman–Crippen MR) is 95.2 cm³/mol. The maximum absolute atomic E-state index is 12.0. The van der Waals surface area contributed by atoms with Crippen LogP contribution in [0.15, 0.2) is 12.7 Å². The monoisotopic (exact) mass is 411 g/mol. The number of nitrogens with one attached hydrogen (secondary N) is 2. The molecule has 2 aromatic rings. The highest BCUT2D eigenvalue weighted by Crippen LogP contribution is 2.32. The number of imide groups is 1. The number of aromatic nitrogens is 4. The number of imidazole rings is 1. The summed E-state index contributed by atoms with van der Waals surface area (Å²) < 4.78 is 6.76. The lowest BCUT2D eigenvalue weighted by Crippen LogP contribution is -2.50. The van der Waals surface area contributed by atoms with Gasteiger partial charge in [-0.15, -0.1) is 0 Å². The molecule has 0 aliphatic carbocycles. The molecule has 3 heterocycles. The number of ether oxygens (including phenoxy) is 1. The fourth-order valence-electron chi connectivity index (χ4n) is 2.79. The number of amides is 3. The number of urea groups is 1. The number of anilines is 1. The Labute approximate surface area is 163 Å². The molecule has 6 atom stereocenters. The van der Waals surface area contributed by atoms with Crippen molar-refractivity contribution in [1.82, 2.24) is 24.8 Å². The summed E-state index contributed by atoms with van der Waals surface area (Å²) in [4.78, 5) is 35.8. The summed E-state index contributed by atoms with van der Waals surface area (Å²) in [6.45, 7) is 0.812. The quantitative estimate of drug-likeness (QED) is 0.260. The summed E-state index contributed by atoms with van der Waals surface area (Å²) >= 11 is 0. The Hall–Kier alpha value is -2.75. The summed E-state index contributed by atoms with van der Waals surface area (Å²) in [7, 11) is 0. The molecule has 3 rings (SSSR count). The van der Waals surface area contributed by atoms with Gasteiger partial charge in [0, 0.05) is 0 Å². The van der Waals surface area contributed by atoms with Crippen LogP contribution < -0.4 is 16.4 Å². The van der Waals surface area contributed by atoms with Gasteiger partial charge in [-0.1, -0.05) is 0 Å². The molecule has 0 aromatic carbocycles. The number of nitrogens with zero attached hydrogens (tertiary/aromatic N) is 4. The van der Waals surface area contributed by atoms with E-state index in [1.165, 1.54) is 17.8 Å². The Kier molecular flexibility index (Phi) is 6.02. The summed E-state index contributed by atoms with van der Waals surface area (Å²) in [6.07, 6.45) is -3.50. The molecular weight excluding hydrogens is 390 g/mol. The van der Waals surface area contributed by atoms with Gasteiger partial charge in [-0.2, -0.15) is 0 Å². The van der Waals surface area contributed by atoms with Crippen LogP contribution in [0, 0.1) is 0 Å². The first-order chi connectivity index (χ1) is 13.7. The number of nitrogens with two attached hydrogens (primary N) is 1. The zero-order chi connectivity index (χ0) is 21.3. The Morgan fingerprint density at radius 2 is 2.03 bits per heavy atom. The van der Waals surface area contributed by atoms with Crippen molar-refractivity contribution in [2.24, 2.45) is 5.73 Å². The molecular formula is C15H21N7O7. The lowest BCUT2D eigenvalue weighted by Gasteiger charge is -2.16. The average molecular weight is 411 g/mol. The van der Waals surface area contributed by atoms with Crippen LogP contribution in [-0.2, 0) is 9.53 Å². The van der Waals surface area contributed by atoms with Crippen LogP contribution in [0.5, 0.6) is 0 Å². The molecule has 8 N–H and O–H groups in total. The molecule has 0 unspecified atom stereocenters. The minimum Gasteiger partial charge on any atom is -0.394 e. The van der Waals surface area contributed by atoms with Gasteiger partial charge in [0.25, 0.3) is 0 Å². The maximum Gasteiger partial charge on any atom is 0.327 e. The molecule has 1 saturated heterocycles. The molecule has 0 saturated carbocycles. The molecule has 1 fully saturated rings. The first-order valence-corrected chi connectivity index (χ1v) is 8.60. The first-order valence-electron chi connectivity index (χ1n) is 8.60. The van der Waals surface area contributed by atoms with Crippen LogP contribution in [0.25, 0.3) is 11.2 Å². The van der Waals surface area contributed by atoms with Crippen molar-refractivity contribution in [3.8, 4) is 0 Å². The lowest BCUT2D eigenvalue weighted by molar-refractivity contribution is -0.123. The summed E-state index contributed by atoms with van der Waals surface area (Å²) in [5, 5.41) is 42.9. The molecule has 2 aromatic heterocycles. The maximum atomic E-state index is 12.0. The molecule has 14 heteroatoms. The molecule has 1 aliphatic heterocycles. The Morgan fingerprint density at radius 3 is 2.66 bits per heavy atom. The molecule has 29 heavy (non-hydrogen) atoms. The molecule has 0 bridgehead atoms. The highest BCUT2D eigenvalue weighted by molar-refractivity contribution is 6.04. The van der Waals surface area contributed by atoms with Gasteiger partial charge in [-0.3, -0.25) is 20.0 Å². The number of carbonyl (C=O) groups excluding carboxylic acids is 2. The van der Waals surface area contributed by atoms with Crippen LogP contribution in [-0.4, -0.2) is 88.9 Å². The van der Waals surface area contributed by atoms with E-state index in [1.54, 1.807) is 0 Å². The third kappa shape index (κ3) is 4.02. The van der Waals surface area contributed by atoms with Crippen LogP contribution in [0.1, 0.15) is 13.2 Å². The van der Waals surface area contributed by atoms with E-state index in [0.717, 1.165) is 6.33 Å². The van der Waals surface area contributed by atoms with Gasteiger partial charge >= 0.3 is 6.03 Å². The van der Waals surface area contributed by atoms with Crippen LogP contribution in [0.2, 0.25) is 0 Å². The van der Waals surface area contributed by atoms with Gasteiger partial charge in [-0.25, -0.2) is 19.7 Å². The Morgan fingerprint density at radius 1 is 1.31 bits per heavy atom. The number of carbonyl (C=O) groups is 2. The normalized spacial score (nSPS) is 26.3. The number of aliphatic hydroxyl groups is 4. The second kappa shape index (κ2) is 8.32. The largest absolute Gasteiger partial charge is 0.394 e. The lowest BCUT2D eigenvalue weighted by atomic mass is 10.1. The van der Waals surface area contributed by atoms with Crippen molar-refractivity contribution >= 4 is 28.9 Å². The molecule has 0 spiro atoms. The van der Waals surface area contributed by atoms with E-state index in [9.17, 15) is 30.0 Å². The topological polar surface area (TPSA) is 218 Å². The van der Waals surface area contributed by atoms with E-state index in [0.29, 0.717) is 0 Å². The Balaban J connectivity index is 1.80. The van der Waals surface area contributed by atoms with Crippen molar-refractivity contribution in [2.45, 2.75) is 43.6 Å². The minimum absolute atomic E-state index is 0.0450. The highest BCUT2D eigenvalue weighted by atomic mass is 16.6. The number of fused-ring (bicyclic) bond motifs is 1. The zero-order valence-corrected chi connectivity index (χ0v) is 15.2. The zero-order valence-electron chi connectivity index (χ0n) is 15.2. The van der Waals surface area contributed by atoms with E-state index in [4.69, 9.17) is 10.5 Å². The third-order valence-electron chi connectivity index (χ3n) is 4.44. The van der Waals surface area contributed by atoms with Crippen LogP contribution in [0.4, 0.5) is 10.6 Å². The van der Waals surface area contributed by atoms with Crippen LogP contribution >= 0.6 is 0 Å².